The van der Waals surface area contributed by atoms with Gasteiger partial charge in [-0.15, -0.1) is 5.10 Å². The van der Waals surface area contributed by atoms with Gasteiger partial charge in [-0.25, -0.2) is 14.5 Å². The summed E-state index contributed by atoms with van der Waals surface area (Å²) in [4.78, 5) is 8.98. The fourth-order valence-corrected chi connectivity index (χ4v) is 2.61. The molecule has 7 heteroatoms. The molecule has 0 fully saturated rings. The van der Waals surface area contributed by atoms with Crippen molar-refractivity contribution >= 4 is 28.2 Å². The van der Waals surface area contributed by atoms with E-state index in [9.17, 15) is 0 Å². The summed E-state index contributed by atoms with van der Waals surface area (Å²) in [5.74, 6) is 0.626. The molecule has 0 radical (unpaired) electrons. The third kappa shape index (κ3) is 1.95. The molecule has 0 aliphatic heterocycles. The lowest BCUT2D eigenvalue weighted by atomic mass is 10.2. The highest BCUT2D eigenvalue weighted by molar-refractivity contribution is 6.35. The van der Waals surface area contributed by atoms with Gasteiger partial charge in [0.2, 0.25) is 0 Å². The van der Waals surface area contributed by atoms with E-state index in [2.05, 4.69) is 34.0 Å². The molecule has 1 aromatic carbocycles. The van der Waals surface area contributed by atoms with Crippen molar-refractivity contribution in [2.75, 3.05) is 0 Å². The highest BCUT2D eigenvalue weighted by Crippen LogP contribution is 2.25. The monoisotopic (exact) mass is 312 g/mol. The molecular formula is C15H13ClN6. The Hall–Kier alpha value is -2.47. The first kappa shape index (κ1) is 13.2. The second kappa shape index (κ2) is 4.78. The van der Waals surface area contributed by atoms with Gasteiger partial charge in [0, 0.05) is 17.6 Å². The topological polar surface area (TPSA) is 60.9 Å². The van der Waals surface area contributed by atoms with E-state index in [0.717, 1.165) is 22.1 Å². The first-order valence-electron chi connectivity index (χ1n) is 6.97. The van der Waals surface area contributed by atoms with Gasteiger partial charge in [-0.05, 0) is 26.0 Å². The Kier molecular flexibility index (Phi) is 2.87. The van der Waals surface area contributed by atoms with E-state index in [1.165, 1.54) is 0 Å². The van der Waals surface area contributed by atoms with Crippen molar-refractivity contribution in [2.24, 2.45) is 0 Å². The molecule has 0 bridgehead atoms. The van der Waals surface area contributed by atoms with Gasteiger partial charge in [0.05, 0.1) is 22.3 Å². The van der Waals surface area contributed by atoms with Crippen molar-refractivity contribution in [1.82, 2.24) is 29.4 Å². The molecule has 0 N–H and O–H groups in total. The minimum atomic E-state index is 0.298. The van der Waals surface area contributed by atoms with Gasteiger partial charge in [-0.2, -0.15) is 5.10 Å². The predicted octanol–water partition coefficient (Wildman–Crippen LogP) is 3.38. The minimum Gasteiger partial charge on any atom is -0.270 e. The van der Waals surface area contributed by atoms with E-state index in [0.29, 0.717) is 16.9 Å². The number of benzene rings is 1. The molecule has 0 saturated carbocycles. The van der Waals surface area contributed by atoms with Gasteiger partial charge in [0.25, 0.3) is 0 Å². The van der Waals surface area contributed by atoms with Crippen LogP contribution in [-0.4, -0.2) is 29.4 Å². The van der Waals surface area contributed by atoms with Crippen LogP contribution in [0.5, 0.6) is 0 Å². The lowest BCUT2D eigenvalue weighted by Gasteiger charge is -2.02. The van der Waals surface area contributed by atoms with Crippen LogP contribution in [0.25, 0.3) is 27.9 Å². The van der Waals surface area contributed by atoms with Crippen molar-refractivity contribution in [1.29, 1.82) is 0 Å². The number of para-hydroxylation sites is 1. The van der Waals surface area contributed by atoms with E-state index in [1.54, 1.807) is 17.0 Å². The normalized spacial score (nSPS) is 11.8. The molecule has 3 heterocycles. The van der Waals surface area contributed by atoms with E-state index in [4.69, 9.17) is 11.6 Å². The second-order valence-corrected chi connectivity index (χ2v) is 5.79. The lowest BCUT2D eigenvalue weighted by molar-refractivity contribution is 0.532. The van der Waals surface area contributed by atoms with E-state index in [-0.39, 0.29) is 0 Å². The van der Waals surface area contributed by atoms with Crippen LogP contribution >= 0.6 is 11.6 Å². The first-order valence-corrected chi connectivity index (χ1v) is 7.35. The molecule has 110 valence electrons. The maximum atomic E-state index is 6.19. The van der Waals surface area contributed by atoms with Crippen molar-refractivity contribution < 1.29 is 0 Å². The molecule has 0 atom stereocenters. The maximum absolute atomic E-state index is 6.19. The molecule has 4 aromatic rings. The van der Waals surface area contributed by atoms with Gasteiger partial charge in [0.15, 0.2) is 11.5 Å². The Morgan fingerprint density at radius 2 is 2.09 bits per heavy atom. The number of hydrogen-bond acceptors (Lipinski definition) is 4. The molecule has 0 saturated heterocycles. The standard InChI is InChI=1S/C15H13ClN6/c1-9(2)21-7-10(6-18-21)14-19-15-11-4-3-5-12(16)13(11)17-8-22(15)20-14/h3-9H,1-2H3. The summed E-state index contributed by atoms with van der Waals surface area (Å²) in [5, 5.41) is 10.3. The average molecular weight is 313 g/mol. The Labute approximate surface area is 131 Å². The van der Waals surface area contributed by atoms with E-state index in [1.807, 2.05) is 29.1 Å². The van der Waals surface area contributed by atoms with E-state index < -0.39 is 0 Å². The number of fused-ring (bicyclic) bond motifs is 3. The SMILES string of the molecule is CC(C)n1cc(-c2nc3c4cccc(Cl)c4ncn3n2)cn1. The van der Waals surface area contributed by atoms with Gasteiger partial charge in [0.1, 0.15) is 6.33 Å². The summed E-state index contributed by atoms with van der Waals surface area (Å²) in [5.41, 5.74) is 2.35. The van der Waals surface area contributed by atoms with Crippen molar-refractivity contribution in [3.05, 3.63) is 41.9 Å². The number of nitrogens with zero attached hydrogens (tertiary/aromatic N) is 6. The largest absolute Gasteiger partial charge is 0.270 e. The fourth-order valence-electron chi connectivity index (χ4n) is 2.39. The summed E-state index contributed by atoms with van der Waals surface area (Å²) in [6.07, 6.45) is 5.35. The molecule has 0 aliphatic rings. The van der Waals surface area contributed by atoms with Crippen molar-refractivity contribution in [2.45, 2.75) is 19.9 Å². The van der Waals surface area contributed by atoms with Crippen LogP contribution in [0.1, 0.15) is 19.9 Å². The van der Waals surface area contributed by atoms with Crippen LogP contribution < -0.4 is 0 Å². The summed E-state index contributed by atoms with van der Waals surface area (Å²) in [7, 11) is 0. The number of rotatable bonds is 2. The lowest BCUT2D eigenvalue weighted by Crippen LogP contribution is -1.99. The van der Waals surface area contributed by atoms with Crippen molar-refractivity contribution in [3.8, 4) is 11.4 Å². The van der Waals surface area contributed by atoms with Crippen LogP contribution in [0.15, 0.2) is 36.9 Å². The molecular weight excluding hydrogens is 300 g/mol. The molecule has 0 unspecified atom stereocenters. The average Bonchev–Trinajstić information content (AvgIpc) is 3.14. The third-order valence-corrected chi connectivity index (χ3v) is 3.85. The molecule has 22 heavy (non-hydrogen) atoms. The zero-order valence-electron chi connectivity index (χ0n) is 12.1. The molecule has 3 aromatic heterocycles. The third-order valence-electron chi connectivity index (χ3n) is 3.54. The van der Waals surface area contributed by atoms with Crippen molar-refractivity contribution in [3.63, 3.8) is 0 Å². The summed E-state index contributed by atoms with van der Waals surface area (Å²) in [6, 6.07) is 5.95. The predicted molar refractivity (Wildman–Crippen MR) is 84.9 cm³/mol. The van der Waals surface area contributed by atoms with Crippen LogP contribution in [-0.2, 0) is 0 Å². The molecule has 4 rings (SSSR count). The minimum absolute atomic E-state index is 0.298. The maximum Gasteiger partial charge on any atom is 0.185 e. The van der Waals surface area contributed by atoms with Gasteiger partial charge in [-0.3, -0.25) is 4.68 Å². The van der Waals surface area contributed by atoms with Gasteiger partial charge < -0.3 is 0 Å². The highest BCUT2D eigenvalue weighted by Gasteiger charge is 2.13. The summed E-state index contributed by atoms with van der Waals surface area (Å²) >= 11 is 6.19. The summed E-state index contributed by atoms with van der Waals surface area (Å²) in [6.45, 7) is 4.15. The van der Waals surface area contributed by atoms with Gasteiger partial charge >= 0.3 is 0 Å². The number of hydrogen-bond donors (Lipinski definition) is 0. The van der Waals surface area contributed by atoms with Crippen LogP contribution in [0.4, 0.5) is 0 Å². The highest BCUT2D eigenvalue weighted by atomic mass is 35.5. The Bertz CT molecular complexity index is 984. The van der Waals surface area contributed by atoms with Crippen LogP contribution in [0, 0.1) is 0 Å². The Morgan fingerprint density at radius 3 is 2.86 bits per heavy atom. The first-order chi connectivity index (χ1) is 10.6. The van der Waals surface area contributed by atoms with Crippen LogP contribution in [0.2, 0.25) is 5.02 Å². The van der Waals surface area contributed by atoms with Crippen LogP contribution in [0.3, 0.4) is 0 Å². The quantitative estimate of drug-likeness (QED) is 0.569. The molecule has 0 spiro atoms. The Balaban J connectivity index is 1.93. The molecule has 0 amide bonds. The smallest absolute Gasteiger partial charge is 0.185 e. The molecule has 6 nitrogen and oxygen atoms in total. The number of halogens is 1. The zero-order valence-corrected chi connectivity index (χ0v) is 12.9. The Morgan fingerprint density at radius 1 is 1.23 bits per heavy atom. The summed E-state index contributed by atoms with van der Waals surface area (Å²) < 4.78 is 3.55. The number of aromatic nitrogens is 6. The fraction of sp³-hybridized carbons (Fsp3) is 0.200. The van der Waals surface area contributed by atoms with E-state index >= 15 is 0 Å². The van der Waals surface area contributed by atoms with Gasteiger partial charge in [-0.1, -0.05) is 17.7 Å². The second-order valence-electron chi connectivity index (χ2n) is 5.39. The molecule has 0 aliphatic carbocycles. The zero-order chi connectivity index (χ0) is 15.3.